The van der Waals surface area contributed by atoms with E-state index in [9.17, 15) is 8.42 Å². The summed E-state index contributed by atoms with van der Waals surface area (Å²) in [7, 11) is -1.65. The highest BCUT2D eigenvalue weighted by molar-refractivity contribution is 7.89. The molecule has 0 radical (unpaired) electrons. The van der Waals surface area contributed by atoms with Gasteiger partial charge in [0.2, 0.25) is 10.0 Å². The van der Waals surface area contributed by atoms with Crippen LogP contribution in [0.2, 0.25) is 0 Å². The van der Waals surface area contributed by atoms with Gasteiger partial charge in [-0.25, -0.2) is 12.7 Å². The molecule has 0 atom stereocenters. The fraction of sp³-hybridized carbons (Fsp3) is 0.700. The minimum Gasteiger partial charge on any atom is -0.207 e. The van der Waals surface area contributed by atoms with E-state index in [2.05, 4.69) is 6.92 Å². The minimum atomic E-state index is -3.33. The summed E-state index contributed by atoms with van der Waals surface area (Å²) >= 11 is 0. The number of hydrogen-bond donors (Lipinski definition) is 0. The molecule has 3 nitrogen and oxygen atoms in total. The molecule has 4 heteroatoms. The predicted octanol–water partition coefficient (Wildman–Crippen LogP) is 5.54. The minimum absolute atomic E-state index is 0.391. The highest BCUT2D eigenvalue weighted by atomic mass is 32.2. The van der Waals surface area contributed by atoms with Crippen LogP contribution in [0.5, 0.6) is 0 Å². The lowest BCUT2D eigenvalue weighted by Gasteiger charge is -2.17. The van der Waals surface area contributed by atoms with E-state index in [0.717, 1.165) is 18.4 Å². The van der Waals surface area contributed by atoms with Crippen molar-refractivity contribution in [1.82, 2.24) is 4.31 Å². The van der Waals surface area contributed by atoms with Gasteiger partial charge in [-0.05, 0) is 25.5 Å². The molecule has 138 valence electrons. The second kappa shape index (κ2) is 11.6. The Labute approximate surface area is 149 Å². The summed E-state index contributed by atoms with van der Waals surface area (Å²) in [6, 6.07) is 7.09. The molecule has 0 saturated heterocycles. The molecule has 0 aliphatic carbocycles. The lowest BCUT2D eigenvalue weighted by atomic mass is 10.1. The monoisotopic (exact) mass is 353 g/mol. The molecule has 1 rings (SSSR count). The second-order valence-electron chi connectivity index (χ2n) is 6.82. The van der Waals surface area contributed by atoms with Crippen LogP contribution in [0.15, 0.2) is 29.2 Å². The van der Waals surface area contributed by atoms with Gasteiger partial charge >= 0.3 is 0 Å². The van der Waals surface area contributed by atoms with E-state index in [-0.39, 0.29) is 0 Å². The lowest BCUT2D eigenvalue weighted by molar-refractivity contribution is 0.447. The Morgan fingerprint density at radius 3 is 1.75 bits per heavy atom. The summed E-state index contributed by atoms with van der Waals surface area (Å²) in [5.41, 5.74) is 1.08. The zero-order valence-electron chi connectivity index (χ0n) is 15.8. The highest BCUT2D eigenvalue weighted by Crippen LogP contribution is 2.16. The molecule has 0 aliphatic rings. The first kappa shape index (κ1) is 21.2. The molecule has 0 unspecified atom stereocenters. The van der Waals surface area contributed by atoms with Gasteiger partial charge in [-0.3, -0.25) is 0 Å². The smallest absolute Gasteiger partial charge is 0.207 e. The molecule has 0 heterocycles. The van der Waals surface area contributed by atoms with Crippen LogP contribution in [0.1, 0.15) is 76.7 Å². The van der Waals surface area contributed by atoms with E-state index in [0.29, 0.717) is 11.4 Å². The van der Waals surface area contributed by atoms with Crippen molar-refractivity contribution in [3.63, 3.8) is 0 Å². The van der Waals surface area contributed by atoms with Crippen molar-refractivity contribution in [2.24, 2.45) is 0 Å². The van der Waals surface area contributed by atoms with E-state index in [1.807, 2.05) is 19.1 Å². The summed E-state index contributed by atoms with van der Waals surface area (Å²) in [6.07, 6.45) is 12.6. The number of nitrogens with zero attached hydrogens (tertiary/aromatic N) is 1. The summed E-state index contributed by atoms with van der Waals surface area (Å²) in [5, 5.41) is 0. The molecule has 0 fully saturated rings. The van der Waals surface area contributed by atoms with Crippen LogP contribution in [0.25, 0.3) is 0 Å². The van der Waals surface area contributed by atoms with Crippen LogP contribution in [0.4, 0.5) is 0 Å². The molecule has 1 aromatic carbocycles. The predicted molar refractivity (Wildman–Crippen MR) is 103 cm³/mol. The van der Waals surface area contributed by atoms with Crippen molar-refractivity contribution in [2.75, 3.05) is 13.6 Å². The van der Waals surface area contributed by atoms with Crippen molar-refractivity contribution in [2.45, 2.75) is 83.0 Å². The van der Waals surface area contributed by atoms with E-state index in [4.69, 9.17) is 0 Å². The number of aryl methyl sites for hydroxylation is 1. The van der Waals surface area contributed by atoms with Crippen LogP contribution < -0.4 is 0 Å². The maximum Gasteiger partial charge on any atom is 0.242 e. The Hall–Kier alpha value is -0.870. The molecule has 0 aromatic heterocycles. The number of benzene rings is 1. The van der Waals surface area contributed by atoms with Crippen LogP contribution in [0.3, 0.4) is 0 Å². The van der Waals surface area contributed by atoms with E-state index >= 15 is 0 Å². The quantitative estimate of drug-likeness (QED) is 0.437. The summed E-state index contributed by atoms with van der Waals surface area (Å²) in [6.45, 7) is 4.81. The molecule has 24 heavy (non-hydrogen) atoms. The first-order valence-corrected chi connectivity index (χ1v) is 11.0. The van der Waals surface area contributed by atoms with Gasteiger partial charge in [0.1, 0.15) is 0 Å². The van der Waals surface area contributed by atoms with Crippen LogP contribution in [0, 0.1) is 6.92 Å². The highest BCUT2D eigenvalue weighted by Gasteiger charge is 2.19. The van der Waals surface area contributed by atoms with E-state index < -0.39 is 10.0 Å². The standard InChI is InChI=1S/C20H35NO2S/c1-4-5-6-7-8-9-10-11-12-13-18-21(3)24(22,23)20-16-14-19(2)15-17-20/h14-17H,4-13,18H2,1-3H3. The Kier molecular flexibility index (Phi) is 10.3. The molecule has 0 amide bonds. The number of unbranched alkanes of at least 4 members (excludes halogenated alkanes) is 9. The van der Waals surface area contributed by atoms with Crippen LogP contribution >= 0.6 is 0 Å². The third-order valence-corrected chi connectivity index (χ3v) is 6.43. The Morgan fingerprint density at radius 2 is 1.25 bits per heavy atom. The zero-order valence-corrected chi connectivity index (χ0v) is 16.6. The first-order chi connectivity index (χ1) is 11.5. The number of sulfonamides is 1. The summed E-state index contributed by atoms with van der Waals surface area (Å²) in [4.78, 5) is 0.391. The largest absolute Gasteiger partial charge is 0.242 e. The zero-order chi connectivity index (χ0) is 17.8. The maximum absolute atomic E-state index is 12.5. The molecule has 1 aromatic rings. The molecule has 0 N–H and O–H groups in total. The molecule has 0 spiro atoms. The van der Waals surface area contributed by atoms with Gasteiger partial charge in [0, 0.05) is 13.6 Å². The maximum atomic E-state index is 12.5. The van der Waals surface area contributed by atoms with Crippen molar-refractivity contribution in [3.05, 3.63) is 29.8 Å². The molecule has 0 bridgehead atoms. The van der Waals surface area contributed by atoms with Gasteiger partial charge in [0.05, 0.1) is 4.90 Å². The van der Waals surface area contributed by atoms with Crippen molar-refractivity contribution in [3.8, 4) is 0 Å². The topological polar surface area (TPSA) is 37.4 Å². The molecular weight excluding hydrogens is 318 g/mol. The van der Waals surface area contributed by atoms with Gasteiger partial charge in [-0.1, -0.05) is 82.4 Å². The Bertz CT molecular complexity index is 537. The molecular formula is C20H35NO2S. The van der Waals surface area contributed by atoms with E-state index in [1.165, 1.54) is 55.7 Å². The average Bonchev–Trinajstić information content (AvgIpc) is 2.56. The van der Waals surface area contributed by atoms with Gasteiger partial charge in [0.15, 0.2) is 0 Å². The van der Waals surface area contributed by atoms with Crippen LogP contribution in [-0.2, 0) is 10.0 Å². The average molecular weight is 354 g/mol. The van der Waals surface area contributed by atoms with Crippen molar-refractivity contribution >= 4 is 10.0 Å². The third-order valence-electron chi connectivity index (χ3n) is 4.56. The van der Waals surface area contributed by atoms with Crippen molar-refractivity contribution in [1.29, 1.82) is 0 Å². The fourth-order valence-electron chi connectivity index (χ4n) is 2.83. The first-order valence-electron chi connectivity index (χ1n) is 9.51. The van der Waals surface area contributed by atoms with Gasteiger partial charge < -0.3 is 0 Å². The van der Waals surface area contributed by atoms with Gasteiger partial charge in [-0.2, -0.15) is 0 Å². The summed E-state index contributed by atoms with van der Waals surface area (Å²) in [5.74, 6) is 0. The van der Waals surface area contributed by atoms with Gasteiger partial charge in [0.25, 0.3) is 0 Å². The normalized spacial score (nSPS) is 12.0. The fourth-order valence-corrected chi connectivity index (χ4v) is 4.04. The SMILES string of the molecule is CCCCCCCCCCCCN(C)S(=O)(=O)c1ccc(C)cc1. The lowest BCUT2D eigenvalue weighted by Crippen LogP contribution is -2.27. The second-order valence-corrected chi connectivity index (χ2v) is 8.87. The van der Waals surface area contributed by atoms with Crippen molar-refractivity contribution < 1.29 is 8.42 Å². The third kappa shape index (κ3) is 7.80. The van der Waals surface area contributed by atoms with Crippen LogP contribution in [-0.4, -0.2) is 26.3 Å². The summed E-state index contributed by atoms with van der Waals surface area (Å²) < 4.78 is 26.4. The Morgan fingerprint density at radius 1 is 0.792 bits per heavy atom. The van der Waals surface area contributed by atoms with E-state index in [1.54, 1.807) is 19.2 Å². The molecule has 0 aliphatic heterocycles. The van der Waals surface area contributed by atoms with Gasteiger partial charge in [-0.15, -0.1) is 0 Å². The molecule has 0 saturated carbocycles. The Balaban J connectivity index is 2.17. The number of hydrogen-bond acceptors (Lipinski definition) is 2. The number of rotatable bonds is 13.